The number of rotatable bonds is 4. The molecule has 0 spiro atoms. The number of fused-ring (bicyclic) bond motifs is 1. The largest absolute Gasteiger partial charge is 0.493 e. The van der Waals surface area contributed by atoms with Crippen LogP contribution in [0.25, 0.3) is 0 Å². The van der Waals surface area contributed by atoms with E-state index >= 15 is 0 Å². The first-order valence-electron chi connectivity index (χ1n) is 7.52. The Morgan fingerprint density at radius 3 is 2.54 bits per heavy atom. The number of benzene rings is 2. The van der Waals surface area contributed by atoms with E-state index < -0.39 is 0 Å². The van der Waals surface area contributed by atoms with Gasteiger partial charge in [0.15, 0.2) is 11.5 Å². The minimum absolute atomic E-state index is 0.0270. The van der Waals surface area contributed by atoms with Crippen molar-refractivity contribution in [3.05, 3.63) is 53.6 Å². The summed E-state index contributed by atoms with van der Waals surface area (Å²) in [5.41, 5.74) is 1.97. The quantitative estimate of drug-likeness (QED) is 0.933. The number of para-hydroxylation sites is 1. The minimum Gasteiger partial charge on any atom is -0.493 e. The maximum absolute atomic E-state index is 12.5. The molecule has 2 aromatic carbocycles. The first-order chi connectivity index (χ1) is 11.6. The fourth-order valence-corrected chi connectivity index (χ4v) is 2.72. The van der Waals surface area contributed by atoms with Crippen molar-refractivity contribution in [3.8, 4) is 11.5 Å². The summed E-state index contributed by atoms with van der Waals surface area (Å²) in [4.78, 5) is 26.2. The summed E-state index contributed by atoms with van der Waals surface area (Å²) in [6, 6.07) is 12.6. The van der Waals surface area contributed by atoms with E-state index in [9.17, 15) is 9.59 Å². The molecule has 1 N–H and O–H groups in total. The molecule has 0 saturated heterocycles. The number of nitrogens with zero attached hydrogens (tertiary/aromatic N) is 1. The number of methoxy groups -OCH3 is 2. The van der Waals surface area contributed by atoms with Crippen LogP contribution in [0.3, 0.4) is 0 Å². The molecule has 0 saturated carbocycles. The maximum atomic E-state index is 12.5. The summed E-state index contributed by atoms with van der Waals surface area (Å²) in [5.74, 6) is 0.817. The third kappa shape index (κ3) is 2.90. The molecule has 0 atom stereocenters. The minimum atomic E-state index is -0.242. The zero-order valence-corrected chi connectivity index (χ0v) is 13.5. The number of amides is 2. The topological polar surface area (TPSA) is 67.9 Å². The molecule has 0 radical (unpaired) electrons. The lowest BCUT2D eigenvalue weighted by atomic mass is 10.1. The predicted molar refractivity (Wildman–Crippen MR) is 89.5 cm³/mol. The standard InChI is InChI=1S/C18H18N2O4/c1-23-15-8-7-12(9-16(15)24-2)11-20-14-6-4-3-5-13(14)18(22)19-10-17(20)21/h3-9H,10-11H2,1-2H3,(H,19,22). The van der Waals surface area contributed by atoms with Gasteiger partial charge >= 0.3 is 0 Å². The Balaban J connectivity index is 1.97. The van der Waals surface area contributed by atoms with Crippen LogP contribution in [0.5, 0.6) is 11.5 Å². The van der Waals surface area contributed by atoms with Crippen LogP contribution in [0.1, 0.15) is 15.9 Å². The molecule has 2 amide bonds. The van der Waals surface area contributed by atoms with Gasteiger partial charge in [0.1, 0.15) is 0 Å². The van der Waals surface area contributed by atoms with E-state index in [2.05, 4.69) is 5.32 Å². The highest BCUT2D eigenvalue weighted by Crippen LogP contribution is 2.30. The van der Waals surface area contributed by atoms with Crippen LogP contribution in [0.15, 0.2) is 42.5 Å². The van der Waals surface area contributed by atoms with E-state index in [0.717, 1.165) is 5.56 Å². The lowest BCUT2D eigenvalue weighted by Gasteiger charge is -2.22. The molecule has 124 valence electrons. The van der Waals surface area contributed by atoms with Crippen LogP contribution in [0.2, 0.25) is 0 Å². The molecule has 1 aliphatic heterocycles. The molecule has 0 aromatic heterocycles. The van der Waals surface area contributed by atoms with Gasteiger partial charge in [0.25, 0.3) is 5.91 Å². The van der Waals surface area contributed by atoms with E-state index in [1.165, 1.54) is 0 Å². The number of nitrogens with one attached hydrogen (secondary N) is 1. The average molecular weight is 326 g/mol. The van der Waals surface area contributed by atoms with Crippen LogP contribution < -0.4 is 19.7 Å². The zero-order valence-electron chi connectivity index (χ0n) is 13.5. The van der Waals surface area contributed by atoms with Gasteiger partial charge < -0.3 is 19.7 Å². The van der Waals surface area contributed by atoms with E-state index in [1.807, 2.05) is 18.2 Å². The highest BCUT2D eigenvalue weighted by atomic mass is 16.5. The molecule has 0 fully saturated rings. The molecule has 0 aliphatic carbocycles. The van der Waals surface area contributed by atoms with Gasteiger partial charge in [-0.05, 0) is 29.8 Å². The number of anilines is 1. The summed E-state index contributed by atoms with van der Waals surface area (Å²) in [7, 11) is 3.14. The fourth-order valence-electron chi connectivity index (χ4n) is 2.72. The molecule has 1 aliphatic rings. The predicted octanol–water partition coefficient (Wildman–Crippen LogP) is 1.98. The van der Waals surface area contributed by atoms with Gasteiger partial charge in [-0.25, -0.2) is 0 Å². The van der Waals surface area contributed by atoms with E-state index in [0.29, 0.717) is 29.3 Å². The second-order valence-corrected chi connectivity index (χ2v) is 5.37. The third-order valence-electron chi connectivity index (χ3n) is 3.93. The molecule has 6 nitrogen and oxygen atoms in total. The van der Waals surface area contributed by atoms with Crippen LogP contribution in [0.4, 0.5) is 5.69 Å². The SMILES string of the molecule is COc1ccc(CN2C(=O)CNC(=O)c3ccccc32)cc1OC. The molecule has 0 unspecified atom stereocenters. The number of carbonyl (C=O) groups excluding carboxylic acids is 2. The van der Waals surface area contributed by atoms with E-state index in [1.54, 1.807) is 43.4 Å². The Bertz CT molecular complexity index is 788. The van der Waals surface area contributed by atoms with Crippen molar-refractivity contribution < 1.29 is 19.1 Å². The van der Waals surface area contributed by atoms with Gasteiger partial charge in [0.05, 0.1) is 38.6 Å². The zero-order chi connectivity index (χ0) is 17.1. The third-order valence-corrected chi connectivity index (χ3v) is 3.93. The van der Waals surface area contributed by atoms with Crippen LogP contribution >= 0.6 is 0 Å². The first-order valence-corrected chi connectivity index (χ1v) is 7.52. The molecule has 2 aromatic rings. The molecular weight excluding hydrogens is 308 g/mol. The van der Waals surface area contributed by atoms with Gasteiger partial charge in [-0.15, -0.1) is 0 Å². The van der Waals surface area contributed by atoms with Crippen molar-refractivity contribution in [2.24, 2.45) is 0 Å². The molecule has 24 heavy (non-hydrogen) atoms. The Morgan fingerprint density at radius 1 is 1.04 bits per heavy atom. The second-order valence-electron chi connectivity index (χ2n) is 5.37. The van der Waals surface area contributed by atoms with Gasteiger partial charge in [-0.3, -0.25) is 9.59 Å². The molecular formula is C18H18N2O4. The summed E-state index contributed by atoms with van der Waals surface area (Å²) in [6.45, 7) is 0.311. The Hall–Kier alpha value is -3.02. The molecule has 6 heteroatoms. The lowest BCUT2D eigenvalue weighted by molar-refractivity contribution is -0.117. The van der Waals surface area contributed by atoms with Gasteiger partial charge in [0, 0.05) is 0 Å². The number of ether oxygens (including phenoxy) is 2. The smallest absolute Gasteiger partial charge is 0.253 e. The van der Waals surface area contributed by atoms with Gasteiger partial charge in [0.2, 0.25) is 5.91 Å². The van der Waals surface area contributed by atoms with Gasteiger partial charge in [-0.2, -0.15) is 0 Å². The summed E-state index contributed by atoms with van der Waals surface area (Å²) in [6.07, 6.45) is 0. The highest BCUT2D eigenvalue weighted by Gasteiger charge is 2.26. The number of carbonyl (C=O) groups is 2. The van der Waals surface area contributed by atoms with Crippen LogP contribution in [-0.4, -0.2) is 32.6 Å². The van der Waals surface area contributed by atoms with Crippen molar-refractivity contribution in [2.45, 2.75) is 6.54 Å². The van der Waals surface area contributed by atoms with Crippen molar-refractivity contribution in [1.82, 2.24) is 5.32 Å². The number of hydrogen-bond donors (Lipinski definition) is 1. The second kappa shape index (κ2) is 6.62. The Morgan fingerprint density at radius 2 is 1.79 bits per heavy atom. The normalized spacial score (nSPS) is 13.8. The van der Waals surface area contributed by atoms with Crippen LogP contribution in [0, 0.1) is 0 Å². The summed E-state index contributed by atoms with van der Waals surface area (Å²) >= 11 is 0. The average Bonchev–Trinajstić information content (AvgIpc) is 2.74. The van der Waals surface area contributed by atoms with E-state index in [-0.39, 0.29) is 18.4 Å². The van der Waals surface area contributed by atoms with Crippen molar-refractivity contribution in [3.63, 3.8) is 0 Å². The Kier molecular flexibility index (Phi) is 4.37. The van der Waals surface area contributed by atoms with Gasteiger partial charge in [-0.1, -0.05) is 18.2 Å². The van der Waals surface area contributed by atoms with Crippen molar-refractivity contribution in [1.29, 1.82) is 0 Å². The maximum Gasteiger partial charge on any atom is 0.253 e. The summed E-state index contributed by atoms with van der Waals surface area (Å²) in [5, 5.41) is 2.63. The van der Waals surface area contributed by atoms with Crippen molar-refractivity contribution in [2.75, 3.05) is 25.7 Å². The Labute approximate surface area is 140 Å². The highest BCUT2D eigenvalue weighted by molar-refractivity contribution is 6.09. The van der Waals surface area contributed by atoms with Crippen LogP contribution in [-0.2, 0) is 11.3 Å². The molecule has 3 rings (SSSR count). The molecule has 0 bridgehead atoms. The number of hydrogen-bond acceptors (Lipinski definition) is 4. The monoisotopic (exact) mass is 326 g/mol. The van der Waals surface area contributed by atoms with E-state index in [4.69, 9.17) is 9.47 Å². The first kappa shape index (κ1) is 15.9. The van der Waals surface area contributed by atoms with Crippen molar-refractivity contribution >= 4 is 17.5 Å². The lowest BCUT2D eigenvalue weighted by Crippen LogP contribution is -2.36. The molecule has 1 heterocycles. The fraction of sp³-hybridized carbons (Fsp3) is 0.222. The summed E-state index contributed by atoms with van der Waals surface area (Å²) < 4.78 is 10.5.